The lowest BCUT2D eigenvalue weighted by Crippen LogP contribution is -2.31. The predicted octanol–water partition coefficient (Wildman–Crippen LogP) is 6.77. The summed E-state index contributed by atoms with van der Waals surface area (Å²) in [6.45, 7) is 1.92. The van der Waals surface area contributed by atoms with Gasteiger partial charge in [0.25, 0.3) is 15.9 Å². The Hall–Kier alpha value is -1.96. The molecule has 5 nitrogen and oxygen atoms in total. The Morgan fingerprint density at radius 3 is 2.10 bits per heavy atom. The molecule has 0 aliphatic carbocycles. The number of amides is 1. The van der Waals surface area contributed by atoms with Crippen molar-refractivity contribution in [2.75, 3.05) is 16.2 Å². The van der Waals surface area contributed by atoms with Crippen LogP contribution in [0.4, 0.5) is 11.4 Å². The van der Waals surface area contributed by atoms with E-state index < -0.39 is 15.9 Å². The normalized spacial score (nSPS) is 11.3. The van der Waals surface area contributed by atoms with E-state index in [1.54, 1.807) is 37.3 Å². The minimum Gasteiger partial charge on any atom is -0.319 e. The van der Waals surface area contributed by atoms with Crippen molar-refractivity contribution < 1.29 is 13.2 Å². The van der Waals surface area contributed by atoms with Crippen molar-refractivity contribution in [1.29, 1.82) is 0 Å². The van der Waals surface area contributed by atoms with Gasteiger partial charge in [0.1, 0.15) is 0 Å². The molecule has 0 radical (unpaired) electrons. The van der Waals surface area contributed by atoms with Gasteiger partial charge >= 0.3 is 0 Å². The molecule has 0 spiro atoms. The molecule has 0 atom stereocenters. The van der Waals surface area contributed by atoms with Crippen molar-refractivity contribution in [3.63, 3.8) is 0 Å². The second-order valence-corrected chi connectivity index (χ2v) is 9.87. The molecule has 0 saturated carbocycles. The lowest BCUT2D eigenvalue weighted by molar-refractivity contribution is 0.102. The van der Waals surface area contributed by atoms with Gasteiger partial charge in [-0.05, 0) is 49.4 Å². The summed E-state index contributed by atoms with van der Waals surface area (Å²) >= 11 is 24.3. The lowest BCUT2D eigenvalue weighted by atomic mass is 10.2. The van der Waals surface area contributed by atoms with E-state index in [1.807, 2.05) is 0 Å². The molecule has 0 aliphatic heterocycles. The minimum absolute atomic E-state index is 0.0473. The van der Waals surface area contributed by atoms with E-state index in [4.69, 9.17) is 46.4 Å². The average molecular weight is 518 g/mol. The fraction of sp³-hybridized carbons (Fsp3) is 0.0952. The van der Waals surface area contributed by atoms with Crippen LogP contribution in [0.1, 0.15) is 17.3 Å². The van der Waals surface area contributed by atoms with E-state index in [9.17, 15) is 13.2 Å². The molecule has 3 aromatic carbocycles. The highest BCUT2D eigenvalue weighted by atomic mass is 35.5. The maximum atomic E-state index is 13.2. The molecular weight excluding hydrogens is 502 g/mol. The van der Waals surface area contributed by atoms with Gasteiger partial charge in [-0.2, -0.15) is 0 Å². The topological polar surface area (TPSA) is 66.5 Å². The molecule has 0 aliphatic rings. The van der Waals surface area contributed by atoms with Gasteiger partial charge in [0.05, 0.1) is 36.9 Å². The monoisotopic (exact) mass is 516 g/mol. The standard InChI is InChI=1S/C21H16Cl4N2O3S/c1-2-27(14-6-4-3-5-7-14)31(29,30)15-8-9-17(23)16(12-15)21(28)26-20-18(24)10-13(22)11-19(20)25/h3-12H,2H2,1H3,(H,26,28). The molecule has 10 heteroatoms. The van der Waals surface area contributed by atoms with Crippen LogP contribution in [0.3, 0.4) is 0 Å². The summed E-state index contributed by atoms with van der Waals surface area (Å²) in [5, 5.41) is 3.20. The van der Waals surface area contributed by atoms with Crippen LogP contribution in [-0.4, -0.2) is 20.9 Å². The molecule has 31 heavy (non-hydrogen) atoms. The maximum absolute atomic E-state index is 13.2. The van der Waals surface area contributed by atoms with Crippen molar-refractivity contribution in [2.45, 2.75) is 11.8 Å². The Bertz CT molecular complexity index is 1210. The number of para-hydroxylation sites is 1. The summed E-state index contributed by atoms with van der Waals surface area (Å²) in [5.41, 5.74) is 0.598. The number of anilines is 2. The molecule has 0 bridgehead atoms. The molecule has 1 N–H and O–H groups in total. The van der Waals surface area contributed by atoms with Crippen LogP contribution < -0.4 is 9.62 Å². The molecule has 162 valence electrons. The molecule has 3 rings (SSSR count). The number of nitrogens with zero attached hydrogens (tertiary/aromatic N) is 1. The van der Waals surface area contributed by atoms with Crippen molar-refractivity contribution in [3.8, 4) is 0 Å². The number of nitrogens with one attached hydrogen (secondary N) is 1. The Labute approximate surface area is 200 Å². The Kier molecular flexibility index (Phi) is 7.39. The number of rotatable bonds is 6. The van der Waals surface area contributed by atoms with Crippen molar-refractivity contribution in [1.82, 2.24) is 0 Å². The SMILES string of the molecule is CCN(c1ccccc1)S(=O)(=O)c1ccc(Cl)c(C(=O)Nc2c(Cl)cc(Cl)cc2Cl)c1. The lowest BCUT2D eigenvalue weighted by Gasteiger charge is -2.23. The number of benzene rings is 3. The Morgan fingerprint density at radius 2 is 1.52 bits per heavy atom. The summed E-state index contributed by atoms with van der Waals surface area (Å²) in [7, 11) is -3.95. The van der Waals surface area contributed by atoms with Crippen LogP contribution in [0.25, 0.3) is 0 Å². The number of hydrogen-bond donors (Lipinski definition) is 1. The first-order valence-corrected chi connectivity index (χ1v) is 11.9. The predicted molar refractivity (Wildman–Crippen MR) is 128 cm³/mol. The molecule has 0 fully saturated rings. The molecule has 0 unspecified atom stereocenters. The van der Waals surface area contributed by atoms with Gasteiger partial charge in [0, 0.05) is 11.6 Å². The van der Waals surface area contributed by atoms with Crippen LogP contribution in [-0.2, 0) is 10.0 Å². The Balaban J connectivity index is 1.99. The number of halogens is 4. The first-order valence-electron chi connectivity index (χ1n) is 8.98. The fourth-order valence-corrected chi connectivity index (χ4v) is 5.51. The summed E-state index contributed by atoms with van der Waals surface area (Å²) < 4.78 is 27.7. The van der Waals surface area contributed by atoms with Gasteiger partial charge in [-0.25, -0.2) is 8.42 Å². The van der Waals surface area contributed by atoms with Gasteiger partial charge in [0.2, 0.25) is 0 Å². The van der Waals surface area contributed by atoms with Crippen molar-refractivity contribution in [2.24, 2.45) is 0 Å². The third-order valence-electron chi connectivity index (χ3n) is 4.35. The van der Waals surface area contributed by atoms with Crippen LogP contribution >= 0.6 is 46.4 Å². The second kappa shape index (κ2) is 9.67. The van der Waals surface area contributed by atoms with Gasteiger partial charge in [-0.3, -0.25) is 9.10 Å². The summed E-state index contributed by atoms with van der Waals surface area (Å²) in [6.07, 6.45) is 0. The third-order valence-corrected chi connectivity index (χ3v) is 7.39. The minimum atomic E-state index is -3.95. The fourth-order valence-electron chi connectivity index (χ4n) is 2.89. The molecular formula is C21H16Cl4N2O3S. The zero-order valence-corrected chi connectivity index (χ0v) is 19.9. The van der Waals surface area contributed by atoms with Crippen LogP contribution in [0.2, 0.25) is 20.1 Å². The quantitative estimate of drug-likeness (QED) is 0.392. The summed E-state index contributed by atoms with van der Waals surface area (Å²) in [5.74, 6) is -0.670. The van der Waals surface area contributed by atoms with E-state index in [1.165, 1.54) is 34.6 Å². The number of sulfonamides is 1. The molecule has 1 amide bonds. The molecule has 3 aromatic rings. The van der Waals surface area contributed by atoms with E-state index >= 15 is 0 Å². The Morgan fingerprint density at radius 1 is 0.903 bits per heavy atom. The highest BCUT2D eigenvalue weighted by Gasteiger charge is 2.26. The van der Waals surface area contributed by atoms with Crippen molar-refractivity contribution >= 4 is 73.7 Å². The number of carbonyl (C=O) groups excluding carboxylic acids is 1. The summed E-state index contributed by atoms with van der Waals surface area (Å²) in [4.78, 5) is 12.8. The van der Waals surface area contributed by atoms with E-state index in [2.05, 4.69) is 5.32 Å². The van der Waals surface area contributed by atoms with Crippen molar-refractivity contribution in [3.05, 3.63) is 86.3 Å². The molecule has 0 saturated heterocycles. The summed E-state index contributed by atoms with van der Waals surface area (Å²) in [6, 6.07) is 15.4. The first-order chi connectivity index (χ1) is 14.6. The second-order valence-electron chi connectivity index (χ2n) is 6.35. The average Bonchev–Trinajstić information content (AvgIpc) is 2.71. The van der Waals surface area contributed by atoms with E-state index in [0.717, 1.165) is 0 Å². The van der Waals surface area contributed by atoms with E-state index in [0.29, 0.717) is 10.7 Å². The molecule has 0 aromatic heterocycles. The smallest absolute Gasteiger partial charge is 0.264 e. The zero-order valence-electron chi connectivity index (χ0n) is 16.1. The van der Waals surface area contributed by atoms with Crippen LogP contribution in [0.15, 0.2) is 65.6 Å². The molecule has 0 heterocycles. The third kappa shape index (κ3) is 5.10. The van der Waals surface area contributed by atoms with Gasteiger partial charge in [-0.15, -0.1) is 0 Å². The van der Waals surface area contributed by atoms with Crippen LogP contribution in [0, 0.1) is 0 Å². The van der Waals surface area contributed by atoms with Gasteiger partial charge in [-0.1, -0.05) is 64.6 Å². The highest BCUT2D eigenvalue weighted by molar-refractivity contribution is 7.92. The number of hydrogen-bond acceptors (Lipinski definition) is 3. The van der Waals surface area contributed by atoms with Gasteiger partial charge in [0.15, 0.2) is 0 Å². The highest BCUT2D eigenvalue weighted by Crippen LogP contribution is 2.34. The van der Waals surface area contributed by atoms with Gasteiger partial charge < -0.3 is 5.32 Å². The number of carbonyl (C=O) groups is 1. The largest absolute Gasteiger partial charge is 0.319 e. The van der Waals surface area contributed by atoms with E-state index in [-0.39, 0.29) is 37.8 Å². The first kappa shape index (κ1) is 23.7. The van der Waals surface area contributed by atoms with Crippen LogP contribution in [0.5, 0.6) is 0 Å². The maximum Gasteiger partial charge on any atom is 0.264 e. The zero-order chi connectivity index (χ0) is 22.8.